The van der Waals surface area contributed by atoms with E-state index >= 15 is 0 Å². The smallest absolute Gasteiger partial charge is 0.0994 e. The highest BCUT2D eigenvalue weighted by Crippen LogP contribution is 2.09. The number of nitrogens with two attached hydrogens (primary N) is 1. The number of aliphatic hydroxyl groups excluding tert-OH is 1. The molecule has 1 rings (SSSR count). The Hall–Kier alpha value is -0.940. The Bertz CT molecular complexity index is 309. The van der Waals surface area contributed by atoms with Crippen LogP contribution in [0.15, 0.2) is 0 Å². The Kier molecular flexibility index (Phi) is 5.42. The first kappa shape index (κ1) is 13.1. The van der Waals surface area contributed by atoms with Crippen molar-refractivity contribution in [3.63, 3.8) is 0 Å². The molecule has 0 amide bonds. The second-order valence-electron chi connectivity index (χ2n) is 4.15. The Balaban J connectivity index is 2.60. The van der Waals surface area contributed by atoms with Crippen molar-refractivity contribution >= 4 is 0 Å². The van der Waals surface area contributed by atoms with Gasteiger partial charge in [-0.15, -0.1) is 5.10 Å². The molecule has 1 atom stereocenters. The second kappa shape index (κ2) is 6.60. The van der Waals surface area contributed by atoms with Gasteiger partial charge in [-0.1, -0.05) is 18.6 Å². The van der Waals surface area contributed by atoms with E-state index in [1.807, 2.05) is 4.68 Å². The van der Waals surface area contributed by atoms with Crippen LogP contribution in [-0.2, 0) is 19.5 Å². The van der Waals surface area contributed by atoms with Gasteiger partial charge in [0.15, 0.2) is 0 Å². The van der Waals surface area contributed by atoms with E-state index in [0.29, 0.717) is 6.54 Å². The van der Waals surface area contributed by atoms with Crippen LogP contribution in [0, 0.1) is 0 Å². The maximum absolute atomic E-state index is 9.19. The standard InChI is InChI=1S/C11H22N4O/c1-3-5-11-10(8-12)13-14-15(11)7-4-6-9(2)16/h9,16H,3-8,12H2,1-2H3. The molecule has 1 heterocycles. The van der Waals surface area contributed by atoms with Crippen molar-refractivity contribution in [3.8, 4) is 0 Å². The van der Waals surface area contributed by atoms with Gasteiger partial charge in [-0.3, -0.25) is 0 Å². The van der Waals surface area contributed by atoms with Crippen molar-refractivity contribution in [2.75, 3.05) is 0 Å². The van der Waals surface area contributed by atoms with Crippen molar-refractivity contribution < 1.29 is 5.11 Å². The van der Waals surface area contributed by atoms with Crippen molar-refractivity contribution in [1.82, 2.24) is 15.0 Å². The van der Waals surface area contributed by atoms with Gasteiger partial charge >= 0.3 is 0 Å². The summed E-state index contributed by atoms with van der Waals surface area (Å²) in [5.41, 5.74) is 7.67. The summed E-state index contributed by atoms with van der Waals surface area (Å²) in [6.07, 6.45) is 3.50. The minimum absolute atomic E-state index is 0.243. The zero-order valence-corrected chi connectivity index (χ0v) is 10.2. The molecule has 0 aliphatic carbocycles. The van der Waals surface area contributed by atoms with Crippen molar-refractivity contribution in [2.45, 2.75) is 58.7 Å². The fourth-order valence-electron chi connectivity index (χ4n) is 1.75. The third kappa shape index (κ3) is 3.57. The fourth-order valence-corrected chi connectivity index (χ4v) is 1.75. The summed E-state index contributed by atoms with van der Waals surface area (Å²) >= 11 is 0. The Labute approximate surface area is 96.6 Å². The van der Waals surface area contributed by atoms with E-state index in [9.17, 15) is 5.11 Å². The number of hydrogen-bond acceptors (Lipinski definition) is 4. The van der Waals surface area contributed by atoms with E-state index in [1.54, 1.807) is 6.92 Å². The van der Waals surface area contributed by atoms with Gasteiger partial charge in [0, 0.05) is 13.1 Å². The molecule has 0 radical (unpaired) electrons. The average molecular weight is 226 g/mol. The SMILES string of the molecule is CCCc1c(CN)nnn1CCCC(C)O. The number of rotatable bonds is 7. The molecule has 1 aromatic rings. The predicted molar refractivity (Wildman–Crippen MR) is 62.8 cm³/mol. The summed E-state index contributed by atoms with van der Waals surface area (Å²) < 4.78 is 1.92. The molecule has 0 aliphatic heterocycles. The van der Waals surface area contributed by atoms with Crippen LogP contribution in [0.25, 0.3) is 0 Å². The summed E-state index contributed by atoms with van der Waals surface area (Å²) in [6, 6.07) is 0. The largest absolute Gasteiger partial charge is 0.393 e. The Morgan fingerprint density at radius 2 is 2.25 bits per heavy atom. The Morgan fingerprint density at radius 3 is 2.81 bits per heavy atom. The number of aliphatic hydroxyl groups is 1. The van der Waals surface area contributed by atoms with Crippen molar-refractivity contribution in [2.24, 2.45) is 5.73 Å². The number of aromatic nitrogens is 3. The summed E-state index contributed by atoms with van der Waals surface area (Å²) in [5.74, 6) is 0. The van der Waals surface area contributed by atoms with Crippen LogP contribution in [0.2, 0.25) is 0 Å². The third-order valence-corrected chi connectivity index (χ3v) is 2.59. The second-order valence-corrected chi connectivity index (χ2v) is 4.15. The quantitative estimate of drug-likeness (QED) is 0.722. The van der Waals surface area contributed by atoms with Crippen LogP contribution >= 0.6 is 0 Å². The van der Waals surface area contributed by atoms with Gasteiger partial charge in [0.05, 0.1) is 17.5 Å². The van der Waals surface area contributed by atoms with E-state index in [2.05, 4.69) is 17.2 Å². The maximum atomic E-state index is 9.19. The van der Waals surface area contributed by atoms with E-state index in [4.69, 9.17) is 5.73 Å². The molecule has 3 N–H and O–H groups in total. The highest BCUT2D eigenvalue weighted by Gasteiger charge is 2.10. The Morgan fingerprint density at radius 1 is 1.50 bits per heavy atom. The van der Waals surface area contributed by atoms with E-state index in [1.165, 1.54) is 0 Å². The fraction of sp³-hybridized carbons (Fsp3) is 0.818. The van der Waals surface area contributed by atoms with Gasteiger partial charge in [-0.25, -0.2) is 4.68 Å². The molecular formula is C11H22N4O. The molecule has 0 fully saturated rings. The van der Waals surface area contributed by atoms with Gasteiger partial charge in [0.25, 0.3) is 0 Å². The summed E-state index contributed by atoms with van der Waals surface area (Å²) in [6.45, 7) is 5.20. The summed E-state index contributed by atoms with van der Waals surface area (Å²) in [4.78, 5) is 0. The number of hydrogen-bond donors (Lipinski definition) is 2. The molecule has 92 valence electrons. The van der Waals surface area contributed by atoms with Gasteiger partial charge in [0.1, 0.15) is 0 Å². The van der Waals surface area contributed by atoms with E-state index < -0.39 is 0 Å². The predicted octanol–water partition coefficient (Wildman–Crippen LogP) is 0.850. The highest BCUT2D eigenvalue weighted by molar-refractivity contribution is 5.09. The zero-order valence-electron chi connectivity index (χ0n) is 10.2. The first-order valence-electron chi connectivity index (χ1n) is 5.98. The van der Waals surface area contributed by atoms with Gasteiger partial charge < -0.3 is 10.8 Å². The molecule has 0 aromatic carbocycles. The van der Waals surface area contributed by atoms with Crippen LogP contribution in [0.1, 0.15) is 44.5 Å². The van der Waals surface area contributed by atoms with Crippen LogP contribution in [-0.4, -0.2) is 26.2 Å². The average Bonchev–Trinajstić information content (AvgIpc) is 2.61. The summed E-state index contributed by atoms with van der Waals surface area (Å²) in [5, 5.41) is 17.4. The molecule has 1 aromatic heterocycles. The van der Waals surface area contributed by atoms with Crippen LogP contribution in [0.4, 0.5) is 0 Å². The minimum atomic E-state index is -0.243. The molecule has 0 saturated heterocycles. The third-order valence-electron chi connectivity index (χ3n) is 2.59. The van der Waals surface area contributed by atoms with E-state index in [0.717, 1.165) is 43.6 Å². The first-order chi connectivity index (χ1) is 7.69. The van der Waals surface area contributed by atoms with Crippen molar-refractivity contribution in [1.29, 1.82) is 0 Å². The van der Waals surface area contributed by atoms with Gasteiger partial charge in [0.2, 0.25) is 0 Å². The highest BCUT2D eigenvalue weighted by atomic mass is 16.3. The van der Waals surface area contributed by atoms with Crippen LogP contribution in [0.5, 0.6) is 0 Å². The van der Waals surface area contributed by atoms with Crippen LogP contribution in [0.3, 0.4) is 0 Å². The lowest BCUT2D eigenvalue weighted by Gasteiger charge is -2.07. The zero-order chi connectivity index (χ0) is 12.0. The topological polar surface area (TPSA) is 77.0 Å². The molecule has 0 bridgehead atoms. The molecule has 0 spiro atoms. The number of nitrogens with zero attached hydrogens (tertiary/aromatic N) is 3. The van der Waals surface area contributed by atoms with Gasteiger partial charge in [-0.05, 0) is 26.2 Å². The molecule has 0 saturated carbocycles. The first-order valence-corrected chi connectivity index (χ1v) is 5.98. The minimum Gasteiger partial charge on any atom is -0.393 e. The molecular weight excluding hydrogens is 204 g/mol. The molecule has 5 heteroatoms. The maximum Gasteiger partial charge on any atom is 0.0994 e. The lowest BCUT2D eigenvalue weighted by molar-refractivity contribution is 0.178. The molecule has 5 nitrogen and oxygen atoms in total. The van der Waals surface area contributed by atoms with Crippen molar-refractivity contribution in [3.05, 3.63) is 11.4 Å². The van der Waals surface area contributed by atoms with E-state index in [-0.39, 0.29) is 6.10 Å². The number of aryl methyl sites for hydroxylation is 1. The lowest BCUT2D eigenvalue weighted by Crippen LogP contribution is -2.10. The monoisotopic (exact) mass is 226 g/mol. The van der Waals surface area contributed by atoms with Gasteiger partial charge in [-0.2, -0.15) is 0 Å². The molecule has 0 aliphatic rings. The van der Waals surface area contributed by atoms with Crippen LogP contribution < -0.4 is 5.73 Å². The lowest BCUT2D eigenvalue weighted by atomic mass is 10.2. The summed E-state index contributed by atoms with van der Waals surface area (Å²) in [7, 11) is 0. The normalized spacial score (nSPS) is 13.0. The molecule has 1 unspecified atom stereocenters. The molecule has 16 heavy (non-hydrogen) atoms.